The average Bonchev–Trinajstić information content (AvgIpc) is 3.09. The summed E-state index contributed by atoms with van der Waals surface area (Å²) in [5, 5.41) is 3.63. The fraction of sp³-hybridized carbons (Fsp3) is 0.150. The van der Waals surface area contributed by atoms with Gasteiger partial charge in [0, 0.05) is 12.1 Å². The first-order valence-electron chi connectivity index (χ1n) is 7.86. The van der Waals surface area contributed by atoms with Gasteiger partial charge in [0.2, 0.25) is 0 Å². The van der Waals surface area contributed by atoms with Crippen LogP contribution in [-0.2, 0) is 11.3 Å². The zero-order valence-corrected chi connectivity index (χ0v) is 14.5. The van der Waals surface area contributed by atoms with E-state index in [4.69, 9.17) is 20.8 Å². The summed E-state index contributed by atoms with van der Waals surface area (Å²) in [6.45, 7) is 0.323. The number of nitrogens with one attached hydrogen (secondary N) is 1. The Morgan fingerprint density at radius 3 is 2.56 bits per heavy atom. The van der Waals surface area contributed by atoms with Crippen LogP contribution in [0, 0.1) is 0 Å². The van der Waals surface area contributed by atoms with E-state index in [-0.39, 0.29) is 17.7 Å². The number of methoxy groups -OCH3 is 1. The van der Waals surface area contributed by atoms with Crippen molar-refractivity contribution in [2.45, 2.75) is 12.6 Å². The third-order valence-electron chi connectivity index (χ3n) is 3.76. The number of hydrogen-bond acceptors (Lipinski definition) is 3. The summed E-state index contributed by atoms with van der Waals surface area (Å²) in [6, 6.07) is 20.2. The Balaban J connectivity index is 1.88. The van der Waals surface area contributed by atoms with Crippen LogP contribution in [0.2, 0.25) is 5.02 Å². The molecule has 3 rings (SSSR count). The second kappa shape index (κ2) is 8.01. The molecule has 1 atom stereocenters. The Morgan fingerprint density at radius 1 is 1.08 bits per heavy atom. The van der Waals surface area contributed by atoms with Crippen molar-refractivity contribution in [2.24, 2.45) is 0 Å². The second-order valence-corrected chi connectivity index (χ2v) is 6.01. The van der Waals surface area contributed by atoms with Gasteiger partial charge in [-0.25, -0.2) is 0 Å². The lowest BCUT2D eigenvalue weighted by Crippen LogP contribution is -2.29. The number of carbonyl (C=O) groups excluding carboxylic acids is 1. The quantitative estimate of drug-likeness (QED) is 0.703. The van der Waals surface area contributed by atoms with Crippen LogP contribution in [0.1, 0.15) is 33.5 Å². The lowest BCUT2D eigenvalue weighted by Gasteiger charge is -2.19. The van der Waals surface area contributed by atoms with Gasteiger partial charge in [0.25, 0.3) is 5.91 Å². The number of furan rings is 1. The van der Waals surface area contributed by atoms with E-state index in [0.29, 0.717) is 17.4 Å². The Labute approximate surface area is 151 Å². The fourth-order valence-electron chi connectivity index (χ4n) is 2.61. The van der Waals surface area contributed by atoms with Crippen molar-refractivity contribution in [1.82, 2.24) is 5.32 Å². The maximum absolute atomic E-state index is 12.6. The molecule has 1 amide bonds. The molecule has 4 nitrogen and oxygen atoms in total. The first-order chi connectivity index (χ1) is 12.2. The molecule has 0 bridgehead atoms. The highest BCUT2D eigenvalue weighted by Crippen LogP contribution is 2.25. The van der Waals surface area contributed by atoms with Crippen LogP contribution in [0.3, 0.4) is 0 Å². The molecule has 1 aromatic heterocycles. The van der Waals surface area contributed by atoms with Gasteiger partial charge in [-0.1, -0.05) is 54.1 Å². The van der Waals surface area contributed by atoms with Gasteiger partial charge in [0.1, 0.15) is 12.4 Å². The molecule has 5 heteroatoms. The van der Waals surface area contributed by atoms with E-state index in [0.717, 1.165) is 11.1 Å². The molecule has 3 aromatic rings. The number of amides is 1. The van der Waals surface area contributed by atoms with E-state index < -0.39 is 0 Å². The predicted molar refractivity (Wildman–Crippen MR) is 96.6 cm³/mol. The molecule has 2 aromatic carbocycles. The molecule has 25 heavy (non-hydrogen) atoms. The minimum Gasteiger partial charge on any atom is -0.453 e. The molecular weight excluding hydrogens is 338 g/mol. The first-order valence-corrected chi connectivity index (χ1v) is 8.24. The van der Waals surface area contributed by atoms with Crippen LogP contribution in [0.15, 0.2) is 71.1 Å². The van der Waals surface area contributed by atoms with Crippen molar-refractivity contribution >= 4 is 17.5 Å². The number of carbonyl (C=O) groups is 1. The van der Waals surface area contributed by atoms with E-state index >= 15 is 0 Å². The highest BCUT2D eigenvalue weighted by atomic mass is 35.5. The average molecular weight is 356 g/mol. The molecule has 1 unspecified atom stereocenters. The lowest BCUT2D eigenvalue weighted by molar-refractivity contribution is 0.0906. The zero-order chi connectivity index (χ0) is 17.6. The Morgan fingerprint density at radius 2 is 1.84 bits per heavy atom. The SMILES string of the molecule is COCc1ccc(C(=O)NC(c2ccccc2)c2cccc(Cl)c2)o1. The number of rotatable bonds is 6. The van der Waals surface area contributed by atoms with Crippen LogP contribution >= 0.6 is 11.6 Å². The number of halogens is 1. The van der Waals surface area contributed by atoms with Gasteiger partial charge in [-0.3, -0.25) is 4.79 Å². The minimum atomic E-state index is -0.330. The molecule has 0 spiro atoms. The summed E-state index contributed by atoms with van der Waals surface area (Å²) >= 11 is 6.12. The van der Waals surface area contributed by atoms with Crippen LogP contribution in [0.5, 0.6) is 0 Å². The van der Waals surface area contributed by atoms with Crippen LogP contribution < -0.4 is 5.32 Å². The maximum atomic E-state index is 12.6. The van der Waals surface area contributed by atoms with Gasteiger partial charge in [-0.15, -0.1) is 0 Å². The van der Waals surface area contributed by atoms with E-state index in [1.807, 2.05) is 48.5 Å². The molecule has 0 aliphatic heterocycles. The Hall–Kier alpha value is -2.56. The number of ether oxygens (including phenoxy) is 1. The monoisotopic (exact) mass is 355 g/mol. The molecular formula is C20H18ClNO3. The van der Waals surface area contributed by atoms with Crippen molar-refractivity contribution in [2.75, 3.05) is 7.11 Å². The van der Waals surface area contributed by atoms with Gasteiger partial charge < -0.3 is 14.5 Å². The summed E-state index contributed by atoms with van der Waals surface area (Å²) in [5.41, 5.74) is 1.86. The summed E-state index contributed by atoms with van der Waals surface area (Å²) in [5.74, 6) is 0.554. The molecule has 0 aliphatic rings. The van der Waals surface area contributed by atoms with Crippen molar-refractivity contribution < 1.29 is 13.9 Å². The van der Waals surface area contributed by atoms with Gasteiger partial charge in [-0.05, 0) is 35.4 Å². The number of benzene rings is 2. The van der Waals surface area contributed by atoms with Crippen molar-refractivity contribution in [1.29, 1.82) is 0 Å². The van der Waals surface area contributed by atoms with Crippen molar-refractivity contribution in [3.63, 3.8) is 0 Å². The molecule has 0 aliphatic carbocycles. The summed E-state index contributed by atoms with van der Waals surface area (Å²) in [6.07, 6.45) is 0. The van der Waals surface area contributed by atoms with Crippen LogP contribution in [0.25, 0.3) is 0 Å². The highest BCUT2D eigenvalue weighted by Gasteiger charge is 2.20. The van der Waals surface area contributed by atoms with E-state index in [2.05, 4.69) is 5.32 Å². The molecule has 0 saturated carbocycles. The normalized spacial score (nSPS) is 11.9. The summed E-state index contributed by atoms with van der Waals surface area (Å²) in [4.78, 5) is 12.6. The highest BCUT2D eigenvalue weighted by molar-refractivity contribution is 6.30. The molecule has 0 fully saturated rings. The smallest absolute Gasteiger partial charge is 0.287 e. The Kier molecular flexibility index (Phi) is 5.53. The summed E-state index contributed by atoms with van der Waals surface area (Å²) < 4.78 is 10.5. The first kappa shape index (κ1) is 17.3. The Bertz CT molecular complexity index is 845. The predicted octanol–water partition coefficient (Wildman–Crippen LogP) is 4.60. The van der Waals surface area contributed by atoms with Gasteiger partial charge >= 0.3 is 0 Å². The van der Waals surface area contributed by atoms with Crippen molar-refractivity contribution in [3.8, 4) is 0 Å². The van der Waals surface area contributed by atoms with E-state index in [1.54, 1.807) is 25.3 Å². The van der Waals surface area contributed by atoms with Gasteiger partial charge in [0.15, 0.2) is 5.76 Å². The third-order valence-corrected chi connectivity index (χ3v) is 4.00. The zero-order valence-electron chi connectivity index (χ0n) is 13.7. The largest absolute Gasteiger partial charge is 0.453 e. The van der Waals surface area contributed by atoms with Crippen LogP contribution in [-0.4, -0.2) is 13.0 Å². The molecule has 1 N–H and O–H groups in total. The lowest BCUT2D eigenvalue weighted by atomic mass is 9.98. The van der Waals surface area contributed by atoms with Crippen molar-refractivity contribution in [3.05, 3.63) is 94.4 Å². The summed E-state index contributed by atoms with van der Waals surface area (Å²) in [7, 11) is 1.58. The van der Waals surface area contributed by atoms with Crippen LogP contribution in [0.4, 0.5) is 0 Å². The molecule has 1 heterocycles. The fourth-order valence-corrected chi connectivity index (χ4v) is 2.81. The minimum absolute atomic E-state index is 0.245. The number of hydrogen-bond donors (Lipinski definition) is 1. The molecule has 0 saturated heterocycles. The van der Waals surface area contributed by atoms with Gasteiger partial charge in [0.05, 0.1) is 6.04 Å². The van der Waals surface area contributed by atoms with E-state index in [9.17, 15) is 4.79 Å². The standard InChI is InChI=1S/C20H18ClNO3/c1-24-13-17-10-11-18(25-17)20(23)22-19(14-6-3-2-4-7-14)15-8-5-9-16(21)12-15/h2-12,19H,13H2,1H3,(H,22,23). The van der Waals surface area contributed by atoms with Gasteiger partial charge in [-0.2, -0.15) is 0 Å². The maximum Gasteiger partial charge on any atom is 0.287 e. The molecule has 128 valence electrons. The van der Waals surface area contributed by atoms with E-state index in [1.165, 1.54) is 0 Å². The third kappa shape index (κ3) is 4.29. The second-order valence-electron chi connectivity index (χ2n) is 5.57. The topological polar surface area (TPSA) is 51.5 Å². The molecule has 0 radical (unpaired) electrons.